The van der Waals surface area contributed by atoms with Crippen molar-refractivity contribution >= 4 is 27.8 Å². The molecule has 2 rings (SSSR count). The minimum absolute atomic E-state index is 0.433. The van der Waals surface area contributed by atoms with E-state index in [4.69, 9.17) is 4.98 Å². The number of nitrogens with one attached hydrogen (secondary N) is 1. The van der Waals surface area contributed by atoms with Crippen LogP contribution in [0.1, 0.15) is 57.2 Å². The summed E-state index contributed by atoms with van der Waals surface area (Å²) in [6, 6.07) is 0. The number of anilines is 1. The molecule has 0 saturated heterocycles. The van der Waals surface area contributed by atoms with Gasteiger partial charge < -0.3 is 5.32 Å². The second-order valence-electron chi connectivity index (χ2n) is 5.14. The molecule has 0 amide bonds. The van der Waals surface area contributed by atoms with E-state index in [2.05, 4.69) is 50.3 Å². The molecule has 0 fully saturated rings. The van der Waals surface area contributed by atoms with Gasteiger partial charge in [-0.2, -0.15) is 0 Å². The lowest BCUT2D eigenvalue weighted by molar-refractivity contribution is 0.793. The van der Waals surface area contributed by atoms with Crippen molar-refractivity contribution in [1.82, 2.24) is 9.97 Å². The zero-order chi connectivity index (χ0) is 14.0. The molecule has 3 nitrogen and oxygen atoms in total. The van der Waals surface area contributed by atoms with Crippen LogP contribution >= 0.6 is 22.7 Å². The molecule has 2 heterocycles. The molecule has 0 unspecified atom stereocenters. The molecule has 0 bridgehead atoms. The fourth-order valence-electron chi connectivity index (χ4n) is 1.78. The second kappa shape index (κ2) is 6.01. The smallest absolute Gasteiger partial charge is 0.183 e. The number of nitrogens with zero attached hydrogens (tertiary/aromatic N) is 2. The molecule has 0 aliphatic heterocycles. The second-order valence-corrected chi connectivity index (χ2v) is 7.03. The highest BCUT2D eigenvalue weighted by molar-refractivity contribution is 7.17. The van der Waals surface area contributed by atoms with E-state index in [1.54, 1.807) is 22.7 Å². The van der Waals surface area contributed by atoms with E-state index >= 15 is 0 Å². The highest BCUT2D eigenvalue weighted by Gasteiger charge is 2.19. The Morgan fingerprint density at radius 1 is 1.16 bits per heavy atom. The Labute approximate surface area is 123 Å². The summed E-state index contributed by atoms with van der Waals surface area (Å²) in [7, 11) is 0. The summed E-state index contributed by atoms with van der Waals surface area (Å²) >= 11 is 3.45. The van der Waals surface area contributed by atoms with E-state index in [-0.39, 0.29) is 0 Å². The van der Waals surface area contributed by atoms with Gasteiger partial charge in [0.05, 0.1) is 21.3 Å². The first-order chi connectivity index (χ1) is 9.02. The number of aromatic nitrogens is 2. The van der Waals surface area contributed by atoms with Crippen molar-refractivity contribution in [2.45, 2.75) is 46.5 Å². The van der Waals surface area contributed by atoms with Crippen LogP contribution in [-0.2, 0) is 0 Å². The molecule has 1 N–H and O–H groups in total. The first kappa shape index (κ1) is 14.5. The van der Waals surface area contributed by atoms with Gasteiger partial charge in [-0.3, -0.25) is 0 Å². The topological polar surface area (TPSA) is 37.8 Å². The monoisotopic (exact) mass is 295 g/mol. The van der Waals surface area contributed by atoms with Crippen molar-refractivity contribution in [2.75, 3.05) is 11.9 Å². The van der Waals surface area contributed by atoms with E-state index in [0.29, 0.717) is 11.8 Å². The SMILES string of the molecule is CCNc1nc(-c2sc(C(C)C)nc2C(C)C)cs1. The van der Waals surface area contributed by atoms with Gasteiger partial charge in [0.25, 0.3) is 0 Å². The predicted molar refractivity (Wildman–Crippen MR) is 85.6 cm³/mol. The average molecular weight is 295 g/mol. The summed E-state index contributed by atoms with van der Waals surface area (Å²) in [5.41, 5.74) is 2.25. The Morgan fingerprint density at radius 3 is 2.47 bits per heavy atom. The fourth-order valence-corrected chi connectivity index (χ4v) is 3.81. The number of hydrogen-bond donors (Lipinski definition) is 1. The molecule has 0 aliphatic rings. The van der Waals surface area contributed by atoms with Crippen LogP contribution in [0.25, 0.3) is 10.6 Å². The molecule has 0 saturated carbocycles. The number of rotatable bonds is 5. The Kier molecular flexibility index (Phi) is 4.58. The lowest BCUT2D eigenvalue weighted by Crippen LogP contribution is -1.95. The lowest BCUT2D eigenvalue weighted by Gasteiger charge is -2.02. The Hall–Kier alpha value is -0.940. The van der Waals surface area contributed by atoms with Crippen LogP contribution in [0.5, 0.6) is 0 Å². The number of hydrogen-bond acceptors (Lipinski definition) is 5. The van der Waals surface area contributed by atoms with Crippen LogP contribution in [0.4, 0.5) is 5.13 Å². The Morgan fingerprint density at radius 2 is 1.89 bits per heavy atom. The Bertz CT molecular complexity index is 541. The molecular formula is C14H21N3S2. The standard InChI is InChI=1S/C14H21N3S2/c1-6-15-14-16-10(7-18-14)12-11(8(2)3)17-13(19-12)9(4)5/h7-9H,6H2,1-5H3,(H,15,16). The maximum absolute atomic E-state index is 4.80. The summed E-state index contributed by atoms with van der Waals surface area (Å²) in [5.74, 6) is 0.908. The summed E-state index contributed by atoms with van der Waals surface area (Å²) < 4.78 is 0. The zero-order valence-electron chi connectivity index (χ0n) is 12.2. The molecule has 0 spiro atoms. The summed E-state index contributed by atoms with van der Waals surface area (Å²) in [6.45, 7) is 11.8. The van der Waals surface area contributed by atoms with Gasteiger partial charge in [0.1, 0.15) is 0 Å². The van der Waals surface area contributed by atoms with Gasteiger partial charge in [0.2, 0.25) is 0 Å². The zero-order valence-corrected chi connectivity index (χ0v) is 13.8. The van der Waals surface area contributed by atoms with Crippen LogP contribution in [-0.4, -0.2) is 16.5 Å². The summed E-state index contributed by atoms with van der Waals surface area (Å²) in [4.78, 5) is 10.7. The van der Waals surface area contributed by atoms with Crippen LogP contribution in [0.15, 0.2) is 5.38 Å². The summed E-state index contributed by atoms with van der Waals surface area (Å²) in [6.07, 6.45) is 0. The first-order valence-electron chi connectivity index (χ1n) is 6.73. The van der Waals surface area contributed by atoms with Gasteiger partial charge in [0, 0.05) is 17.8 Å². The van der Waals surface area contributed by atoms with Crippen LogP contribution in [0, 0.1) is 0 Å². The molecule has 104 valence electrons. The van der Waals surface area contributed by atoms with Gasteiger partial charge >= 0.3 is 0 Å². The normalized spacial score (nSPS) is 11.5. The molecule has 2 aromatic heterocycles. The van der Waals surface area contributed by atoms with Gasteiger partial charge in [0.15, 0.2) is 5.13 Å². The van der Waals surface area contributed by atoms with Crippen molar-refractivity contribution < 1.29 is 0 Å². The van der Waals surface area contributed by atoms with Crippen molar-refractivity contribution in [3.05, 3.63) is 16.1 Å². The quantitative estimate of drug-likeness (QED) is 0.848. The third kappa shape index (κ3) is 3.15. The lowest BCUT2D eigenvalue weighted by atomic mass is 10.1. The highest BCUT2D eigenvalue weighted by Crippen LogP contribution is 2.38. The van der Waals surface area contributed by atoms with Crippen LogP contribution < -0.4 is 5.32 Å². The van der Waals surface area contributed by atoms with Gasteiger partial charge in [-0.15, -0.1) is 22.7 Å². The van der Waals surface area contributed by atoms with Crippen molar-refractivity contribution in [1.29, 1.82) is 0 Å². The highest BCUT2D eigenvalue weighted by atomic mass is 32.1. The van der Waals surface area contributed by atoms with Crippen molar-refractivity contribution in [3.63, 3.8) is 0 Å². The van der Waals surface area contributed by atoms with E-state index in [9.17, 15) is 0 Å². The molecule has 0 aliphatic carbocycles. The molecular weight excluding hydrogens is 274 g/mol. The minimum Gasteiger partial charge on any atom is -0.362 e. The van der Waals surface area contributed by atoms with Gasteiger partial charge in [-0.1, -0.05) is 27.7 Å². The Balaban J connectivity index is 2.41. The van der Waals surface area contributed by atoms with Crippen molar-refractivity contribution in [3.8, 4) is 10.6 Å². The molecule has 0 aromatic carbocycles. The first-order valence-corrected chi connectivity index (χ1v) is 8.42. The fraction of sp³-hybridized carbons (Fsp3) is 0.571. The van der Waals surface area contributed by atoms with Crippen LogP contribution in [0.2, 0.25) is 0 Å². The summed E-state index contributed by atoms with van der Waals surface area (Å²) in [5, 5.41) is 7.59. The third-order valence-electron chi connectivity index (χ3n) is 2.78. The van der Waals surface area contributed by atoms with E-state index in [0.717, 1.165) is 17.4 Å². The molecule has 19 heavy (non-hydrogen) atoms. The largest absolute Gasteiger partial charge is 0.362 e. The minimum atomic E-state index is 0.433. The molecule has 2 aromatic rings. The average Bonchev–Trinajstić information content (AvgIpc) is 2.94. The molecule has 0 radical (unpaired) electrons. The third-order valence-corrected chi connectivity index (χ3v) is 4.97. The molecule has 0 atom stereocenters. The van der Waals surface area contributed by atoms with Gasteiger partial charge in [-0.25, -0.2) is 9.97 Å². The van der Waals surface area contributed by atoms with E-state index in [1.807, 2.05) is 0 Å². The number of thiazole rings is 2. The molecule has 5 heteroatoms. The van der Waals surface area contributed by atoms with Crippen molar-refractivity contribution in [2.24, 2.45) is 0 Å². The maximum Gasteiger partial charge on any atom is 0.183 e. The van der Waals surface area contributed by atoms with E-state index < -0.39 is 0 Å². The van der Waals surface area contributed by atoms with E-state index in [1.165, 1.54) is 15.6 Å². The van der Waals surface area contributed by atoms with Gasteiger partial charge in [-0.05, 0) is 12.8 Å². The maximum atomic E-state index is 4.80. The predicted octanol–water partition coefficient (Wildman–Crippen LogP) is 4.95. The van der Waals surface area contributed by atoms with Crippen LogP contribution in [0.3, 0.4) is 0 Å².